The van der Waals surface area contributed by atoms with Gasteiger partial charge in [-0.05, 0) is 60.7 Å². The van der Waals surface area contributed by atoms with E-state index in [0.29, 0.717) is 28.6 Å². The molecule has 1 aromatic heterocycles. The molecule has 0 aliphatic heterocycles. The number of hydrogen-bond acceptors (Lipinski definition) is 3. The number of halogens is 1. The van der Waals surface area contributed by atoms with Gasteiger partial charge in [-0.25, -0.2) is 0 Å². The molecule has 3 rings (SSSR count). The molecular formula is C19H16ClNO3. The fraction of sp³-hybridized carbons (Fsp3) is 0.105. The van der Waals surface area contributed by atoms with Crippen LogP contribution in [-0.2, 0) is 6.54 Å². The molecule has 0 saturated heterocycles. The number of nitrogens with one attached hydrogen (secondary N) is 1. The van der Waals surface area contributed by atoms with E-state index < -0.39 is 0 Å². The van der Waals surface area contributed by atoms with Gasteiger partial charge >= 0.3 is 0 Å². The highest BCUT2D eigenvalue weighted by Crippen LogP contribution is 2.23. The fourth-order valence-electron chi connectivity index (χ4n) is 2.25. The molecule has 1 N–H and O–H groups in total. The van der Waals surface area contributed by atoms with Crippen LogP contribution in [-0.4, -0.2) is 13.0 Å². The molecule has 0 unspecified atom stereocenters. The molecule has 0 aliphatic carbocycles. The van der Waals surface area contributed by atoms with E-state index in [0.717, 1.165) is 11.3 Å². The third-order valence-corrected chi connectivity index (χ3v) is 3.82. The molecule has 0 aliphatic rings. The Labute approximate surface area is 145 Å². The van der Waals surface area contributed by atoms with Gasteiger partial charge in [0.1, 0.15) is 17.3 Å². The molecule has 0 atom stereocenters. The Morgan fingerprint density at radius 2 is 1.75 bits per heavy atom. The Morgan fingerprint density at radius 3 is 2.42 bits per heavy atom. The quantitative estimate of drug-likeness (QED) is 0.741. The highest BCUT2D eigenvalue weighted by molar-refractivity contribution is 6.30. The van der Waals surface area contributed by atoms with Crippen LogP contribution < -0.4 is 10.1 Å². The van der Waals surface area contributed by atoms with Crippen LogP contribution in [0.5, 0.6) is 5.75 Å². The van der Waals surface area contributed by atoms with Crippen molar-refractivity contribution in [3.63, 3.8) is 0 Å². The molecule has 0 radical (unpaired) electrons. The van der Waals surface area contributed by atoms with Crippen molar-refractivity contribution in [2.75, 3.05) is 7.11 Å². The number of carbonyl (C=O) groups excluding carboxylic acids is 1. The van der Waals surface area contributed by atoms with E-state index in [1.807, 2.05) is 36.4 Å². The lowest BCUT2D eigenvalue weighted by atomic mass is 10.2. The summed E-state index contributed by atoms with van der Waals surface area (Å²) in [5, 5.41) is 3.51. The minimum atomic E-state index is -0.165. The van der Waals surface area contributed by atoms with Crippen LogP contribution in [0.4, 0.5) is 0 Å². The van der Waals surface area contributed by atoms with Crippen LogP contribution >= 0.6 is 11.6 Å². The molecule has 3 aromatic rings. The zero-order valence-corrected chi connectivity index (χ0v) is 13.8. The summed E-state index contributed by atoms with van der Waals surface area (Å²) in [7, 11) is 1.59. The Balaban J connectivity index is 1.62. The summed E-state index contributed by atoms with van der Waals surface area (Å²) in [6, 6.07) is 18.1. The van der Waals surface area contributed by atoms with Gasteiger partial charge in [0, 0.05) is 16.1 Å². The van der Waals surface area contributed by atoms with Gasteiger partial charge in [-0.1, -0.05) is 11.6 Å². The van der Waals surface area contributed by atoms with Gasteiger partial charge < -0.3 is 14.5 Å². The van der Waals surface area contributed by atoms with Crippen LogP contribution in [0.2, 0.25) is 5.02 Å². The first-order chi connectivity index (χ1) is 11.7. The van der Waals surface area contributed by atoms with Crippen LogP contribution in [0.3, 0.4) is 0 Å². The average molecular weight is 342 g/mol. The third-order valence-electron chi connectivity index (χ3n) is 3.57. The van der Waals surface area contributed by atoms with Crippen molar-refractivity contribution in [3.05, 3.63) is 77.0 Å². The van der Waals surface area contributed by atoms with Gasteiger partial charge in [0.15, 0.2) is 0 Å². The Morgan fingerprint density at radius 1 is 1.04 bits per heavy atom. The molecule has 5 heteroatoms. The summed E-state index contributed by atoms with van der Waals surface area (Å²) in [5.41, 5.74) is 1.51. The summed E-state index contributed by atoms with van der Waals surface area (Å²) in [5.74, 6) is 1.97. The second-order valence-electron chi connectivity index (χ2n) is 5.18. The van der Waals surface area contributed by atoms with Gasteiger partial charge in [-0.2, -0.15) is 0 Å². The molecule has 0 bridgehead atoms. The van der Waals surface area contributed by atoms with Gasteiger partial charge in [0.25, 0.3) is 5.91 Å². The molecule has 0 fully saturated rings. The molecule has 4 nitrogen and oxygen atoms in total. The number of methoxy groups -OCH3 is 1. The minimum absolute atomic E-state index is 0.165. The van der Waals surface area contributed by atoms with E-state index in [-0.39, 0.29) is 5.91 Å². The standard InChI is InChI=1S/C19H16ClNO3/c1-23-16-8-4-14(5-9-16)19(22)21-12-17-10-11-18(24-17)13-2-6-15(20)7-3-13/h2-11H,12H2,1H3,(H,21,22). The summed E-state index contributed by atoms with van der Waals surface area (Å²) in [4.78, 5) is 12.1. The van der Waals surface area contributed by atoms with E-state index in [2.05, 4.69) is 5.32 Å². The van der Waals surface area contributed by atoms with E-state index in [9.17, 15) is 4.79 Å². The van der Waals surface area contributed by atoms with E-state index in [4.69, 9.17) is 20.8 Å². The molecule has 1 heterocycles. The van der Waals surface area contributed by atoms with E-state index in [1.165, 1.54) is 0 Å². The summed E-state index contributed by atoms with van der Waals surface area (Å²) >= 11 is 5.88. The fourth-order valence-corrected chi connectivity index (χ4v) is 2.38. The van der Waals surface area contributed by atoms with Crippen molar-refractivity contribution in [1.82, 2.24) is 5.32 Å². The Hall–Kier alpha value is -2.72. The van der Waals surface area contributed by atoms with Crippen molar-refractivity contribution in [3.8, 4) is 17.1 Å². The number of furan rings is 1. The molecule has 1 amide bonds. The maximum atomic E-state index is 12.1. The summed E-state index contributed by atoms with van der Waals surface area (Å²) in [6.07, 6.45) is 0. The topological polar surface area (TPSA) is 51.5 Å². The second kappa shape index (κ2) is 7.23. The normalized spacial score (nSPS) is 10.4. The first-order valence-electron chi connectivity index (χ1n) is 7.42. The smallest absolute Gasteiger partial charge is 0.251 e. The SMILES string of the molecule is COc1ccc(C(=O)NCc2ccc(-c3ccc(Cl)cc3)o2)cc1. The highest BCUT2D eigenvalue weighted by Gasteiger charge is 2.08. The highest BCUT2D eigenvalue weighted by atomic mass is 35.5. The lowest BCUT2D eigenvalue weighted by molar-refractivity contribution is 0.0948. The number of carbonyl (C=O) groups is 1. The van der Waals surface area contributed by atoms with Gasteiger partial charge in [0.05, 0.1) is 13.7 Å². The lowest BCUT2D eigenvalue weighted by Crippen LogP contribution is -2.22. The summed E-state index contributed by atoms with van der Waals surface area (Å²) in [6.45, 7) is 0.318. The van der Waals surface area contributed by atoms with Crippen molar-refractivity contribution >= 4 is 17.5 Å². The monoisotopic (exact) mass is 341 g/mol. The summed E-state index contributed by atoms with van der Waals surface area (Å²) < 4.78 is 10.8. The molecular weight excluding hydrogens is 326 g/mol. The Bertz CT molecular complexity index is 823. The second-order valence-corrected chi connectivity index (χ2v) is 5.62. The maximum Gasteiger partial charge on any atom is 0.251 e. The zero-order valence-electron chi connectivity index (χ0n) is 13.1. The Kier molecular flexibility index (Phi) is 4.87. The lowest BCUT2D eigenvalue weighted by Gasteiger charge is -2.05. The molecule has 0 saturated carbocycles. The van der Waals surface area contributed by atoms with Crippen LogP contribution in [0, 0.1) is 0 Å². The predicted molar refractivity (Wildman–Crippen MR) is 93.3 cm³/mol. The minimum Gasteiger partial charge on any atom is -0.497 e. The van der Waals surface area contributed by atoms with Gasteiger partial charge in [-0.15, -0.1) is 0 Å². The van der Waals surface area contributed by atoms with E-state index >= 15 is 0 Å². The van der Waals surface area contributed by atoms with Gasteiger partial charge in [0.2, 0.25) is 0 Å². The predicted octanol–water partition coefficient (Wildman–Crippen LogP) is 4.54. The number of amides is 1. The maximum absolute atomic E-state index is 12.1. The van der Waals surface area contributed by atoms with Crippen LogP contribution in [0.15, 0.2) is 65.1 Å². The largest absolute Gasteiger partial charge is 0.497 e. The number of ether oxygens (including phenoxy) is 1. The first-order valence-corrected chi connectivity index (χ1v) is 7.80. The third kappa shape index (κ3) is 3.78. The number of benzene rings is 2. The van der Waals surface area contributed by atoms with Crippen molar-refractivity contribution in [1.29, 1.82) is 0 Å². The van der Waals surface area contributed by atoms with Gasteiger partial charge in [-0.3, -0.25) is 4.79 Å². The number of hydrogen-bond donors (Lipinski definition) is 1. The van der Waals surface area contributed by atoms with Crippen molar-refractivity contribution in [2.45, 2.75) is 6.54 Å². The average Bonchev–Trinajstić information content (AvgIpc) is 3.09. The van der Waals surface area contributed by atoms with Crippen LogP contribution in [0.25, 0.3) is 11.3 Å². The zero-order chi connectivity index (χ0) is 16.9. The molecule has 2 aromatic carbocycles. The molecule has 122 valence electrons. The number of rotatable bonds is 5. The molecule has 0 spiro atoms. The van der Waals surface area contributed by atoms with Crippen molar-refractivity contribution in [2.24, 2.45) is 0 Å². The van der Waals surface area contributed by atoms with Crippen LogP contribution in [0.1, 0.15) is 16.1 Å². The molecule has 24 heavy (non-hydrogen) atoms. The van der Waals surface area contributed by atoms with Crippen molar-refractivity contribution < 1.29 is 13.9 Å². The van der Waals surface area contributed by atoms with E-state index in [1.54, 1.807) is 31.4 Å². The first kappa shape index (κ1) is 16.1.